The van der Waals surface area contributed by atoms with E-state index in [0.29, 0.717) is 0 Å². The lowest BCUT2D eigenvalue weighted by molar-refractivity contribution is -0.128. The largest absolute Gasteiger partial charge is 0.378 e. The Hall–Kier alpha value is -1.85. The van der Waals surface area contributed by atoms with Crippen LogP contribution in [0.15, 0.2) is 30.3 Å². The van der Waals surface area contributed by atoms with E-state index in [-0.39, 0.29) is 11.9 Å². The van der Waals surface area contributed by atoms with Gasteiger partial charge in [0.15, 0.2) is 0 Å². The van der Waals surface area contributed by atoms with Crippen molar-refractivity contribution < 1.29 is 9.53 Å². The zero-order valence-corrected chi connectivity index (χ0v) is 13.7. The van der Waals surface area contributed by atoms with Gasteiger partial charge in [0.2, 0.25) is 5.91 Å². The third kappa shape index (κ3) is 4.12. The fraction of sp³-hybridized carbons (Fsp3) is 0.500. The van der Waals surface area contributed by atoms with Crippen LogP contribution in [0, 0.1) is 0 Å². The van der Waals surface area contributed by atoms with Gasteiger partial charge in [-0.1, -0.05) is 12.1 Å². The number of piperazine rings is 1. The predicted molar refractivity (Wildman–Crippen MR) is 92.6 cm³/mol. The van der Waals surface area contributed by atoms with Gasteiger partial charge in [-0.3, -0.25) is 4.79 Å². The number of morpholine rings is 1. The molecule has 0 bridgehead atoms. The van der Waals surface area contributed by atoms with Crippen LogP contribution in [0.4, 0.5) is 5.69 Å². The van der Waals surface area contributed by atoms with Crippen molar-refractivity contribution in [3.63, 3.8) is 0 Å². The van der Waals surface area contributed by atoms with E-state index in [2.05, 4.69) is 41.4 Å². The lowest BCUT2D eigenvalue weighted by atomic mass is 10.1. The van der Waals surface area contributed by atoms with Gasteiger partial charge < -0.3 is 19.9 Å². The maximum Gasteiger partial charge on any atom is 0.246 e. The molecule has 1 aromatic rings. The zero-order chi connectivity index (χ0) is 16.1. The van der Waals surface area contributed by atoms with Crippen LogP contribution in [0.3, 0.4) is 0 Å². The first kappa shape index (κ1) is 16.0. The SMILES string of the molecule is CC1CNCCN1C(=O)C=Cc1ccc(N2CCOCC2)cc1. The highest BCUT2D eigenvalue weighted by atomic mass is 16.5. The topological polar surface area (TPSA) is 44.8 Å². The van der Waals surface area contributed by atoms with E-state index in [9.17, 15) is 4.79 Å². The molecule has 0 aromatic heterocycles. The van der Waals surface area contributed by atoms with E-state index in [1.54, 1.807) is 6.08 Å². The third-order valence-electron chi connectivity index (χ3n) is 4.47. The van der Waals surface area contributed by atoms with Crippen LogP contribution < -0.4 is 10.2 Å². The molecule has 3 rings (SSSR count). The van der Waals surface area contributed by atoms with Gasteiger partial charge in [-0.15, -0.1) is 0 Å². The summed E-state index contributed by atoms with van der Waals surface area (Å²) in [5, 5.41) is 3.30. The van der Waals surface area contributed by atoms with Crippen molar-refractivity contribution in [3.05, 3.63) is 35.9 Å². The highest BCUT2D eigenvalue weighted by Crippen LogP contribution is 2.17. The Morgan fingerprint density at radius 2 is 1.96 bits per heavy atom. The number of nitrogens with one attached hydrogen (secondary N) is 1. The van der Waals surface area contributed by atoms with Gasteiger partial charge in [0.05, 0.1) is 13.2 Å². The van der Waals surface area contributed by atoms with E-state index in [1.807, 2.05) is 11.0 Å². The average Bonchev–Trinajstić information content (AvgIpc) is 2.61. The Morgan fingerprint density at radius 3 is 2.65 bits per heavy atom. The molecule has 1 amide bonds. The number of hydrogen-bond acceptors (Lipinski definition) is 4. The van der Waals surface area contributed by atoms with Crippen LogP contribution in [-0.2, 0) is 9.53 Å². The molecule has 2 aliphatic heterocycles. The number of nitrogens with zero attached hydrogens (tertiary/aromatic N) is 2. The van der Waals surface area contributed by atoms with Gasteiger partial charge in [0, 0.05) is 50.5 Å². The molecule has 1 aromatic carbocycles. The molecule has 2 aliphatic rings. The second-order valence-electron chi connectivity index (χ2n) is 6.11. The monoisotopic (exact) mass is 315 g/mol. The van der Waals surface area contributed by atoms with Crippen molar-refractivity contribution in [2.45, 2.75) is 13.0 Å². The fourth-order valence-electron chi connectivity index (χ4n) is 3.05. The lowest BCUT2D eigenvalue weighted by Crippen LogP contribution is -2.51. The quantitative estimate of drug-likeness (QED) is 0.856. The van der Waals surface area contributed by atoms with E-state index in [0.717, 1.165) is 51.5 Å². The maximum absolute atomic E-state index is 12.3. The minimum absolute atomic E-state index is 0.0938. The molecular formula is C18H25N3O2. The van der Waals surface area contributed by atoms with Crippen LogP contribution in [0.5, 0.6) is 0 Å². The summed E-state index contributed by atoms with van der Waals surface area (Å²) in [6.45, 7) is 8.06. The molecular weight excluding hydrogens is 290 g/mol. The number of ether oxygens (including phenoxy) is 1. The summed E-state index contributed by atoms with van der Waals surface area (Å²) in [4.78, 5) is 16.5. The molecule has 2 heterocycles. The highest BCUT2D eigenvalue weighted by molar-refractivity contribution is 5.92. The Labute approximate surface area is 137 Å². The van der Waals surface area contributed by atoms with Gasteiger partial charge >= 0.3 is 0 Å². The Kier molecular flexibility index (Phi) is 5.31. The number of anilines is 1. The first-order chi connectivity index (χ1) is 11.2. The summed E-state index contributed by atoms with van der Waals surface area (Å²) in [6, 6.07) is 8.61. The molecule has 5 nitrogen and oxygen atoms in total. The number of rotatable bonds is 3. The standard InChI is InChI=1S/C18H25N3O2/c1-15-14-19-8-9-21(15)18(22)7-4-16-2-5-17(6-3-16)20-10-12-23-13-11-20/h2-7,15,19H,8-14H2,1H3. The average molecular weight is 315 g/mol. The summed E-state index contributed by atoms with van der Waals surface area (Å²) in [6.07, 6.45) is 3.59. The predicted octanol–water partition coefficient (Wildman–Crippen LogP) is 1.36. The molecule has 0 aliphatic carbocycles. The first-order valence-corrected chi connectivity index (χ1v) is 8.36. The second-order valence-corrected chi connectivity index (χ2v) is 6.11. The van der Waals surface area contributed by atoms with Crippen molar-refractivity contribution in [1.29, 1.82) is 0 Å². The van der Waals surface area contributed by atoms with Crippen molar-refractivity contribution in [1.82, 2.24) is 10.2 Å². The number of amides is 1. The van der Waals surface area contributed by atoms with Gasteiger partial charge in [0.1, 0.15) is 0 Å². The van der Waals surface area contributed by atoms with Crippen LogP contribution >= 0.6 is 0 Å². The normalized spacial score (nSPS) is 22.6. The molecule has 1 atom stereocenters. The van der Waals surface area contributed by atoms with Gasteiger partial charge in [-0.25, -0.2) is 0 Å². The van der Waals surface area contributed by atoms with E-state index >= 15 is 0 Å². The molecule has 0 radical (unpaired) electrons. The van der Waals surface area contributed by atoms with Crippen molar-refractivity contribution in [2.24, 2.45) is 0 Å². The van der Waals surface area contributed by atoms with Crippen molar-refractivity contribution in [3.8, 4) is 0 Å². The number of carbonyl (C=O) groups excluding carboxylic acids is 1. The molecule has 0 spiro atoms. The minimum Gasteiger partial charge on any atom is -0.378 e. The third-order valence-corrected chi connectivity index (χ3v) is 4.47. The minimum atomic E-state index is 0.0938. The van der Waals surface area contributed by atoms with Crippen molar-refractivity contribution in [2.75, 3.05) is 50.8 Å². The van der Waals surface area contributed by atoms with Crippen molar-refractivity contribution >= 4 is 17.7 Å². The summed E-state index contributed by atoms with van der Waals surface area (Å²) in [7, 11) is 0. The Morgan fingerprint density at radius 1 is 1.22 bits per heavy atom. The van der Waals surface area contributed by atoms with Crippen LogP contribution in [0.1, 0.15) is 12.5 Å². The smallest absolute Gasteiger partial charge is 0.246 e. The molecule has 5 heteroatoms. The highest BCUT2D eigenvalue weighted by Gasteiger charge is 2.20. The fourth-order valence-corrected chi connectivity index (χ4v) is 3.05. The molecule has 1 unspecified atom stereocenters. The van der Waals surface area contributed by atoms with Gasteiger partial charge in [-0.05, 0) is 30.7 Å². The molecule has 2 fully saturated rings. The van der Waals surface area contributed by atoms with Gasteiger partial charge in [0.25, 0.3) is 0 Å². The number of carbonyl (C=O) groups is 1. The van der Waals surface area contributed by atoms with E-state index in [1.165, 1.54) is 5.69 Å². The second kappa shape index (κ2) is 7.62. The van der Waals surface area contributed by atoms with E-state index < -0.39 is 0 Å². The summed E-state index contributed by atoms with van der Waals surface area (Å²) in [5.41, 5.74) is 2.27. The molecule has 2 saturated heterocycles. The first-order valence-electron chi connectivity index (χ1n) is 8.36. The molecule has 0 saturated carbocycles. The van der Waals surface area contributed by atoms with Gasteiger partial charge in [-0.2, -0.15) is 0 Å². The molecule has 1 N–H and O–H groups in total. The Balaban J connectivity index is 1.59. The number of benzene rings is 1. The number of hydrogen-bond donors (Lipinski definition) is 1. The molecule has 23 heavy (non-hydrogen) atoms. The molecule has 124 valence electrons. The Bertz CT molecular complexity index is 550. The van der Waals surface area contributed by atoms with E-state index in [4.69, 9.17) is 4.74 Å². The zero-order valence-electron chi connectivity index (χ0n) is 13.7. The van der Waals surface area contributed by atoms with Crippen LogP contribution in [-0.4, -0.2) is 62.8 Å². The van der Waals surface area contributed by atoms with Crippen LogP contribution in [0.25, 0.3) is 6.08 Å². The van der Waals surface area contributed by atoms with Crippen LogP contribution in [0.2, 0.25) is 0 Å². The summed E-state index contributed by atoms with van der Waals surface area (Å²) in [5.74, 6) is 0.0938. The maximum atomic E-state index is 12.3. The summed E-state index contributed by atoms with van der Waals surface area (Å²) >= 11 is 0. The lowest BCUT2D eigenvalue weighted by Gasteiger charge is -2.33. The summed E-state index contributed by atoms with van der Waals surface area (Å²) < 4.78 is 5.38.